The molecular formula is C15H17N3O2S. The van der Waals surface area contributed by atoms with Crippen molar-refractivity contribution < 1.29 is 9.47 Å². The van der Waals surface area contributed by atoms with Crippen LogP contribution in [0.25, 0.3) is 0 Å². The zero-order chi connectivity index (χ0) is 15.2. The highest BCUT2D eigenvalue weighted by Crippen LogP contribution is 2.27. The maximum Gasteiger partial charge on any atom is 0.161 e. The lowest BCUT2D eigenvalue weighted by atomic mass is 10.2. The topological polar surface area (TPSA) is 69.4 Å². The summed E-state index contributed by atoms with van der Waals surface area (Å²) in [5, 5.41) is 3.27. The van der Waals surface area contributed by atoms with Crippen molar-refractivity contribution in [1.29, 1.82) is 0 Å². The van der Waals surface area contributed by atoms with Crippen LogP contribution < -0.4 is 20.5 Å². The van der Waals surface area contributed by atoms with E-state index >= 15 is 0 Å². The Balaban J connectivity index is 2.15. The van der Waals surface area contributed by atoms with E-state index in [0.29, 0.717) is 23.7 Å². The first-order valence-electron chi connectivity index (χ1n) is 6.35. The molecule has 1 aromatic carbocycles. The molecule has 0 atom stereocenters. The molecule has 0 saturated carbocycles. The minimum Gasteiger partial charge on any atom is -0.493 e. The number of aromatic nitrogens is 1. The van der Waals surface area contributed by atoms with Gasteiger partial charge in [0.2, 0.25) is 0 Å². The lowest BCUT2D eigenvalue weighted by Crippen LogP contribution is -2.15. The van der Waals surface area contributed by atoms with Gasteiger partial charge in [-0.2, -0.15) is 0 Å². The van der Waals surface area contributed by atoms with E-state index in [9.17, 15) is 0 Å². The van der Waals surface area contributed by atoms with Gasteiger partial charge < -0.3 is 20.5 Å². The fraction of sp³-hybridized carbons (Fsp3) is 0.200. The van der Waals surface area contributed by atoms with Crippen LogP contribution >= 0.6 is 12.2 Å². The van der Waals surface area contributed by atoms with Gasteiger partial charge in [-0.1, -0.05) is 18.3 Å². The predicted octanol–water partition coefficient (Wildman–Crippen LogP) is 2.35. The maximum atomic E-state index is 5.66. The summed E-state index contributed by atoms with van der Waals surface area (Å²) in [4.78, 5) is 4.45. The summed E-state index contributed by atoms with van der Waals surface area (Å²) < 4.78 is 10.5. The number of pyridine rings is 1. The van der Waals surface area contributed by atoms with E-state index in [1.165, 1.54) is 0 Å². The van der Waals surface area contributed by atoms with Gasteiger partial charge >= 0.3 is 0 Å². The molecule has 0 aliphatic carbocycles. The van der Waals surface area contributed by atoms with Crippen LogP contribution in [0.2, 0.25) is 0 Å². The van der Waals surface area contributed by atoms with Crippen LogP contribution in [0.15, 0.2) is 36.5 Å². The molecule has 0 radical (unpaired) electrons. The molecule has 1 heterocycles. The molecule has 0 aliphatic rings. The molecule has 1 aromatic heterocycles. The quantitative estimate of drug-likeness (QED) is 0.798. The first kappa shape index (κ1) is 15.1. The van der Waals surface area contributed by atoms with E-state index in [4.69, 9.17) is 27.4 Å². The summed E-state index contributed by atoms with van der Waals surface area (Å²) in [6.45, 7) is 0.599. The Bertz CT molecular complexity index is 647. The normalized spacial score (nSPS) is 10.0. The summed E-state index contributed by atoms with van der Waals surface area (Å²) in [5.41, 5.74) is 8.10. The van der Waals surface area contributed by atoms with Crippen LogP contribution in [-0.2, 0) is 6.54 Å². The number of nitrogens with one attached hydrogen (secondary N) is 1. The minimum atomic E-state index is 0.269. The first-order valence-corrected chi connectivity index (χ1v) is 6.76. The third-order valence-electron chi connectivity index (χ3n) is 2.97. The number of nitrogens with zero attached hydrogens (tertiary/aromatic N) is 1. The average molecular weight is 303 g/mol. The molecule has 0 amide bonds. The third-order valence-corrected chi connectivity index (χ3v) is 3.17. The van der Waals surface area contributed by atoms with Crippen molar-refractivity contribution in [3.63, 3.8) is 0 Å². The number of anilines is 1. The number of benzene rings is 1. The summed E-state index contributed by atoms with van der Waals surface area (Å²) >= 11 is 4.99. The van der Waals surface area contributed by atoms with Gasteiger partial charge in [0.05, 0.1) is 19.9 Å². The van der Waals surface area contributed by atoms with Crippen molar-refractivity contribution in [3.8, 4) is 11.5 Å². The highest BCUT2D eigenvalue weighted by molar-refractivity contribution is 7.80. The minimum absolute atomic E-state index is 0.269. The highest BCUT2D eigenvalue weighted by Gasteiger charge is 2.07. The molecule has 5 nitrogen and oxygen atoms in total. The van der Waals surface area contributed by atoms with E-state index in [2.05, 4.69) is 10.3 Å². The van der Waals surface area contributed by atoms with E-state index in [0.717, 1.165) is 11.3 Å². The Morgan fingerprint density at radius 1 is 1.24 bits per heavy atom. The van der Waals surface area contributed by atoms with Crippen LogP contribution in [0, 0.1) is 0 Å². The molecule has 110 valence electrons. The molecule has 3 N–H and O–H groups in total. The van der Waals surface area contributed by atoms with E-state index in [1.54, 1.807) is 20.4 Å². The van der Waals surface area contributed by atoms with Crippen LogP contribution in [-0.4, -0.2) is 24.2 Å². The standard InChI is InChI=1S/C15H17N3O2S/c1-19-12-6-5-10(8-13(12)20-2)9-18-11-4-3-7-17-14(11)15(16)21/h3-8,18H,9H2,1-2H3,(H2,16,21). The van der Waals surface area contributed by atoms with E-state index < -0.39 is 0 Å². The van der Waals surface area contributed by atoms with Crippen LogP contribution in [0.3, 0.4) is 0 Å². The molecule has 0 aliphatic heterocycles. The number of rotatable bonds is 6. The number of thiocarbonyl (C=S) groups is 1. The molecule has 2 aromatic rings. The Labute approximate surface area is 129 Å². The van der Waals surface area contributed by atoms with E-state index in [1.807, 2.05) is 30.3 Å². The SMILES string of the molecule is COc1ccc(CNc2cccnc2C(N)=S)cc1OC. The van der Waals surface area contributed by atoms with Crippen molar-refractivity contribution in [2.45, 2.75) is 6.54 Å². The van der Waals surface area contributed by atoms with Gasteiger partial charge in [0, 0.05) is 12.7 Å². The number of hydrogen-bond donors (Lipinski definition) is 2. The van der Waals surface area contributed by atoms with Gasteiger partial charge in [0.1, 0.15) is 10.7 Å². The van der Waals surface area contributed by atoms with Crippen molar-refractivity contribution in [2.24, 2.45) is 5.73 Å². The molecule has 0 spiro atoms. The van der Waals surface area contributed by atoms with Gasteiger partial charge in [0.25, 0.3) is 0 Å². The van der Waals surface area contributed by atoms with Crippen LogP contribution in [0.1, 0.15) is 11.3 Å². The molecule has 0 fully saturated rings. The van der Waals surface area contributed by atoms with Crippen LogP contribution in [0.4, 0.5) is 5.69 Å². The Morgan fingerprint density at radius 3 is 2.67 bits per heavy atom. The molecule has 0 bridgehead atoms. The monoisotopic (exact) mass is 303 g/mol. The van der Waals surface area contributed by atoms with Gasteiger partial charge in [-0.3, -0.25) is 4.98 Å². The largest absolute Gasteiger partial charge is 0.493 e. The van der Waals surface area contributed by atoms with Gasteiger partial charge in [-0.25, -0.2) is 0 Å². The molecule has 2 rings (SSSR count). The van der Waals surface area contributed by atoms with Gasteiger partial charge in [-0.15, -0.1) is 0 Å². The molecule has 21 heavy (non-hydrogen) atoms. The Morgan fingerprint density at radius 2 is 2.00 bits per heavy atom. The summed E-state index contributed by atoms with van der Waals surface area (Å²) in [6.07, 6.45) is 1.66. The fourth-order valence-electron chi connectivity index (χ4n) is 1.93. The fourth-order valence-corrected chi connectivity index (χ4v) is 2.09. The molecular weight excluding hydrogens is 286 g/mol. The Kier molecular flexibility index (Phi) is 4.94. The van der Waals surface area contributed by atoms with Gasteiger partial charge in [0.15, 0.2) is 11.5 Å². The van der Waals surface area contributed by atoms with Gasteiger partial charge in [-0.05, 0) is 29.8 Å². The molecule has 6 heteroatoms. The van der Waals surface area contributed by atoms with Crippen LogP contribution in [0.5, 0.6) is 11.5 Å². The third kappa shape index (κ3) is 3.61. The van der Waals surface area contributed by atoms with Crippen molar-refractivity contribution in [1.82, 2.24) is 4.98 Å². The zero-order valence-corrected chi connectivity index (χ0v) is 12.7. The van der Waals surface area contributed by atoms with Crippen molar-refractivity contribution >= 4 is 22.9 Å². The Hall–Kier alpha value is -2.34. The predicted molar refractivity (Wildman–Crippen MR) is 87.0 cm³/mol. The lowest BCUT2D eigenvalue weighted by molar-refractivity contribution is 0.354. The summed E-state index contributed by atoms with van der Waals surface area (Å²) in [7, 11) is 3.22. The lowest BCUT2D eigenvalue weighted by Gasteiger charge is -2.12. The molecule has 0 unspecified atom stereocenters. The van der Waals surface area contributed by atoms with Crippen molar-refractivity contribution in [3.05, 3.63) is 47.8 Å². The number of methoxy groups -OCH3 is 2. The first-order chi connectivity index (χ1) is 10.2. The number of ether oxygens (including phenoxy) is 2. The van der Waals surface area contributed by atoms with E-state index in [-0.39, 0.29) is 4.99 Å². The highest BCUT2D eigenvalue weighted by atomic mass is 32.1. The summed E-state index contributed by atoms with van der Waals surface area (Å²) in [6, 6.07) is 9.47. The summed E-state index contributed by atoms with van der Waals surface area (Å²) in [5.74, 6) is 1.39. The maximum absolute atomic E-state index is 5.66. The smallest absolute Gasteiger partial charge is 0.161 e. The average Bonchev–Trinajstić information content (AvgIpc) is 2.52. The second-order valence-electron chi connectivity index (χ2n) is 4.31. The molecule has 0 saturated heterocycles. The second kappa shape index (κ2) is 6.90. The number of nitrogens with two attached hydrogens (primary N) is 1. The zero-order valence-electron chi connectivity index (χ0n) is 11.9. The van der Waals surface area contributed by atoms with Crippen molar-refractivity contribution in [2.75, 3.05) is 19.5 Å². The second-order valence-corrected chi connectivity index (χ2v) is 4.75. The number of hydrogen-bond acceptors (Lipinski definition) is 5.